The van der Waals surface area contributed by atoms with E-state index in [-0.39, 0.29) is 18.1 Å². The van der Waals surface area contributed by atoms with E-state index in [4.69, 9.17) is 11.5 Å². The molecular formula is C23H31N7O2. The molecule has 4 N–H and O–H groups in total. The number of nitrogen functional groups attached to an aromatic ring is 1. The van der Waals surface area contributed by atoms with Gasteiger partial charge in [-0.15, -0.1) is 0 Å². The minimum atomic E-state index is -0.416. The average molecular weight is 438 g/mol. The first-order valence-electron chi connectivity index (χ1n) is 10.9. The van der Waals surface area contributed by atoms with Gasteiger partial charge in [0.1, 0.15) is 16.9 Å². The number of allylic oxidation sites excluding steroid dienone is 2. The van der Waals surface area contributed by atoms with Crippen LogP contribution >= 0.6 is 0 Å². The van der Waals surface area contributed by atoms with Gasteiger partial charge in [-0.25, -0.2) is 4.79 Å². The molecule has 1 atom stereocenters. The fourth-order valence-electron chi connectivity index (χ4n) is 4.45. The number of fused-ring (bicyclic) bond motifs is 1. The number of nitrogens with two attached hydrogens (primary N) is 2. The van der Waals surface area contributed by atoms with Crippen molar-refractivity contribution >= 4 is 22.5 Å². The van der Waals surface area contributed by atoms with Crippen molar-refractivity contribution in [2.75, 3.05) is 23.7 Å². The lowest BCUT2D eigenvalue weighted by Crippen LogP contribution is -2.44. The molecule has 0 radical (unpaired) electrons. The van der Waals surface area contributed by atoms with Crippen LogP contribution in [0.4, 0.5) is 11.5 Å². The second kappa shape index (κ2) is 8.66. The Kier molecular flexibility index (Phi) is 5.92. The van der Waals surface area contributed by atoms with Crippen LogP contribution in [0.15, 0.2) is 45.6 Å². The molecule has 32 heavy (non-hydrogen) atoms. The van der Waals surface area contributed by atoms with Gasteiger partial charge in [-0.2, -0.15) is 0 Å². The lowest BCUT2D eigenvalue weighted by atomic mass is 10.1. The quantitative estimate of drug-likeness (QED) is 0.583. The number of hydrogen-bond donors (Lipinski definition) is 2. The van der Waals surface area contributed by atoms with Crippen molar-refractivity contribution in [2.24, 2.45) is 12.8 Å². The van der Waals surface area contributed by atoms with Crippen LogP contribution in [-0.4, -0.2) is 37.8 Å². The SMILES string of the molecule is CC(C)=CCn1c(N2CCC[C@H](N)C2)c(N)c2c1c(=O)n(Cc1ccccn1)c(=O)n2C. The summed E-state index contributed by atoms with van der Waals surface area (Å²) in [5.41, 5.74) is 15.2. The number of anilines is 2. The van der Waals surface area contributed by atoms with Crippen LogP contribution in [0.25, 0.3) is 11.0 Å². The van der Waals surface area contributed by atoms with E-state index in [2.05, 4.69) is 16.0 Å². The van der Waals surface area contributed by atoms with Gasteiger partial charge in [-0.05, 0) is 38.8 Å². The Morgan fingerprint density at radius 2 is 2.00 bits per heavy atom. The largest absolute Gasteiger partial charge is 0.394 e. The van der Waals surface area contributed by atoms with Crippen molar-refractivity contribution in [1.82, 2.24) is 18.7 Å². The number of aromatic nitrogens is 4. The van der Waals surface area contributed by atoms with Crippen LogP contribution in [-0.2, 0) is 20.1 Å². The van der Waals surface area contributed by atoms with E-state index in [9.17, 15) is 9.59 Å². The monoisotopic (exact) mass is 437 g/mol. The Hall–Kier alpha value is -3.33. The summed E-state index contributed by atoms with van der Waals surface area (Å²) in [4.78, 5) is 33.3. The predicted molar refractivity (Wildman–Crippen MR) is 128 cm³/mol. The lowest BCUT2D eigenvalue weighted by Gasteiger charge is -2.33. The molecule has 3 aromatic rings. The summed E-state index contributed by atoms with van der Waals surface area (Å²) in [5.74, 6) is 0.760. The third-order valence-electron chi connectivity index (χ3n) is 6.03. The minimum absolute atomic E-state index is 0.0442. The number of hydrogen-bond acceptors (Lipinski definition) is 6. The van der Waals surface area contributed by atoms with E-state index >= 15 is 0 Å². The summed E-state index contributed by atoms with van der Waals surface area (Å²) >= 11 is 0. The van der Waals surface area contributed by atoms with Gasteiger partial charge in [0, 0.05) is 38.9 Å². The van der Waals surface area contributed by atoms with Crippen molar-refractivity contribution < 1.29 is 0 Å². The normalized spacial score (nSPS) is 16.5. The van der Waals surface area contributed by atoms with Crippen LogP contribution in [0.3, 0.4) is 0 Å². The fraction of sp³-hybridized carbons (Fsp3) is 0.435. The number of rotatable bonds is 5. The minimum Gasteiger partial charge on any atom is -0.394 e. The van der Waals surface area contributed by atoms with Crippen molar-refractivity contribution in [3.8, 4) is 0 Å². The van der Waals surface area contributed by atoms with E-state index < -0.39 is 5.69 Å². The zero-order chi connectivity index (χ0) is 23.0. The molecule has 1 aliphatic rings. The van der Waals surface area contributed by atoms with Crippen LogP contribution < -0.4 is 27.6 Å². The first kappa shape index (κ1) is 21.9. The third-order valence-corrected chi connectivity index (χ3v) is 6.03. The number of aryl methyl sites for hydroxylation is 1. The maximum absolute atomic E-state index is 13.7. The smallest absolute Gasteiger partial charge is 0.331 e. The van der Waals surface area contributed by atoms with Gasteiger partial charge >= 0.3 is 5.69 Å². The highest BCUT2D eigenvalue weighted by atomic mass is 16.2. The summed E-state index contributed by atoms with van der Waals surface area (Å²) in [6.07, 6.45) is 5.62. The van der Waals surface area contributed by atoms with E-state index in [1.807, 2.05) is 24.5 Å². The zero-order valence-electron chi connectivity index (χ0n) is 18.9. The van der Waals surface area contributed by atoms with E-state index in [0.717, 1.165) is 30.8 Å². The number of piperidine rings is 1. The molecule has 4 heterocycles. The maximum atomic E-state index is 13.7. The van der Waals surface area contributed by atoms with Gasteiger partial charge in [0.05, 0.1) is 17.9 Å². The second-order valence-electron chi connectivity index (χ2n) is 8.73. The highest BCUT2D eigenvalue weighted by molar-refractivity contribution is 5.96. The first-order chi connectivity index (χ1) is 15.3. The van der Waals surface area contributed by atoms with Crippen LogP contribution in [0, 0.1) is 0 Å². The third kappa shape index (κ3) is 3.84. The summed E-state index contributed by atoms with van der Waals surface area (Å²) < 4.78 is 4.64. The Morgan fingerprint density at radius 1 is 1.22 bits per heavy atom. The highest BCUT2D eigenvalue weighted by Gasteiger charge is 2.28. The number of nitrogens with zero attached hydrogens (tertiary/aromatic N) is 5. The molecule has 0 aliphatic carbocycles. The molecule has 0 saturated carbocycles. The van der Waals surface area contributed by atoms with Gasteiger partial charge < -0.3 is 20.9 Å². The lowest BCUT2D eigenvalue weighted by molar-refractivity contribution is 0.499. The molecule has 0 amide bonds. The van der Waals surface area contributed by atoms with E-state index in [0.29, 0.717) is 35.5 Å². The summed E-state index contributed by atoms with van der Waals surface area (Å²) in [6, 6.07) is 5.48. The summed E-state index contributed by atoms with van der Waals surface area (Å²) in [6.45, 7) is 6.07. The molecule has 0 aromatic carbocycles. The van der Waals surface area contributed by atoms with Crippen LogP contribution in [0.2, 0.25) is 0 Å². The topological polar surface area (TPSA) is 117 Å². The molecule has 9 heteroatoms. The summed E-state index contributed by atoms with van der Waals surface area (Å²) in [5, 5.41) is 0. The van der Waals surface area contributed by atoms with Crippen molar-refractivity contribution in [1.29, 1.82) is 0 Å². The molecule has 3 aromatic heterocycles. The molecule has 1 fully saturated rings. The Balaban J connectivity index is 1.99. The maximum Gasteiger partial charge on any atom is 0.331 e. The highest BCUT2D eigenvalue weighted by Crippen LogP contribution is 2.34. The first-order valence-corrected chi connectivity index (χ1v) is 10.9. The molecule has 1 aliphatic heterocycles. The summed E-state index contributed by atoms with van der Waals surface area (Å²) in [7, 11) is 1.66. The Morgan fingerprint density at radius 3 is 2.66 bits per heavy atom. The molecular weight excluding hydrogens is 406 g/mol. The predicted octanol–water partition coefficient (Wildman–Crippen LogP) is 1.42. The van der Waals surface area contributed by atoms with Gasteiger partial charge in [-0.1, -0.05) is 17.7 Å². The molecule has 4 rings (SSSR count). The molecule has 0 unspecified atom stereocenters. The molecule has 0 spiro atoms. The van der Waals surface area contributed by atoms with Gasteiger partial charge in [0.25, 0.3) is 5.56 Å². The van der Waals surface area contributed by atoms with Crippen LogP contribution in [0.5, 0.6) is 0 Å². The zero-order valence-corrected chi connectivity index (χ0v) is 18.9. The van der Waals surface area contributed by atoms with Gasteiger partial charge in [0.2, 0.25) is 0 Å². The van der Waals surface area contributed by atoms with Crippen molar-refractivity contribution in [3.63, 3.8) is 0 Å². The Labute approximate surface area is 186 Å². The molecule has 0 bridgehead atoms. The standard InChI is InChI=1S/C23H31N7O2/c1-15(2)9-12-29-20-19(18(25)21(29)28-11-6-7-16(24)13-28)27(3)23(32)30(22(20)31)14-17-8-4-5-10-26-17/h4-5,8-10,16H,6-7,11-14,24-25H2,1-3H3/t16-/m0/s1. The van der Waals surface area contributed by atoms with Crippen molar-refractivity contribution in [3.05, 3.63) is 62.6 Å². The van der Waals surface area contributed by atoms with E-state index in [1.54, 1.807) is 25.4 Å². The van der Waals surface area contributed by atoms with Crippen LogP contribution in [0.1, 0.15) is 32.4 Å². The average Bonchev–Trinajstić information content (AvgIpc) is 3.06. The van der Waals surface area contributed by atoms with Gasteiger partial charge in [0.15, 0.2) is 0 Å². The number of pyridine rings is 1. The molecule has 9 nitrogen and oxygen atoms in total. The Bertz CT molecular complexity index is 1280. The van der Waals surface area contributed by atoms with Crippen molar-refractivity contribution in [2.45, 2.75) is 45.8 Å². The second-order valence-corrected chi connectivity index (χ2v) is 8.73. The molecule has 1 saturated heterocycles. The van der Waals surface area contributed by atoms with E-state index in [1.165, 1.54) is 9.13 Å². The fourth-order valence-corrected chi connectivity index (χ4v) is 4.45. The van der Waals surface area contributed by atoms with Gasteiger partial charge in [-0.3, -0.25) is 18.9 Å². The molecule has 170 valence electrons.